The number of carbonyl (C=O) groups is 2. The summed E-state index contributed by atoms with van der Waals surface area (Å²) in [6, 6.07) is 27.7. The molecule has 2 amide bonds. The molecule has 0 radical (unpaired) electrons. The van der Waals surface area contributed by atoms with Gasteiger partial charge in [0.15, 0.2) is 0 Å². The molecule has 1 atom stereocenters. The molecule has 0 unspecified atom stereocenters. The van der Waals surface area contributed by atoms with Gasteiger partial charge in [-0.3, -0.25) is 13.9 Å². The minimum absolute atomic E-state index is 0.0187. The van der Waals surface area contributed by atoms with Crippen LogP contribution in [0.2, 0.25) is 10.0 Å². The third-order valence-electron chi connectivity index (χ3n) is 7.26. The molecule has 0 saturated carbocycles. The number of methoxy groups -OCH3 is 1. The fourth-order valence-corrected chi connectivity index (χ4v) is 6.56. The van der Waals surface area contributed by atoms with Crippen LogP contribution in [0.3, 0.4) is 0 Å². The Balaban J connectivity index is 1.80. The van der Waals surface area contributed by atoms with Crippen molar-refractivity contribution in [2.24, 2.45) is 5.92 Å². The van der Waals surface area contributed by atoms with E-state index in [9.17, 15) is 18.0 Å². The molecule has 46 heavy (non-hydrogen) atoms. The van der Waals surface area contributed by atoms with Gasteiger partial charge in [0.1, 0.15) is 18.3 Å². The Morgan fingerprint density at radius 2 is 1.46 bits per heavy atom. The van der Waals surface area contributed by atoms with E-state index < -0.39 is 28.5 Å². The summed E-state index contributed by atoms with van der Waals surface area (Å²) in [6.07, 6.45) is 0.200. The molecule has 4 aromatic carbocycles. The fourth-order valence-electron chi connectivity index (χ4n) is 4.81. The van der Waals surface area contributed by atoms with Crippen LogP contribution < -0.4 is 14.4 Å². The maximum Gasteiger partial charge on any atom is 0.264 e. The fraction of sp³-hybridized carbons (Fsp3) is 0.257. The summed E-state index contributed by atoms with van der Waals surface area (Å²) in [6.45, 7) is 3.76. The van der Waals surface area contributed by atoms with Crippen molar-refractivity contribution in [2.45, 2.75) is 37.8 Å². The number of carbonyl (C=O) groups excluding carboxylic acids is 2. The van der Waals surface area contributed by atoms with E-state index in [0.29, 0.717) is 27.9 Å². The van der Waals surface area contributed by atoms with E-state index in [2.05, 4.69) is 5.32 Å². The lowest BCUT2D eigenvalue weighted by molar-refractivity contribution is -0.140. The first kappa shape index (κ1) is 34.8. The van der Waals surface area contributed by atoms with Gasteiger partial charge in [0, 0.05) is 19.5 Å². The summed E-state index contributed by atoms with van der Waals surface area (Å²) in [7, 11) is -2.70. The lowest BCUT2D eigenvalue weighted by atomic mass is 10.0. The first-order valence-corrected chi connectivity index (χ1v) is 17.0. The summed E-state index contributed by atoms with van der Waals surface area (Å²) in [5.74, 6) is -0.241. The average Bonchev–Trinajstić information content (AvgIpc) is 3.06. The van der Waals surface area contributed by atoms with Gasteiger partial charge in [-0.25, -0.2) is 8.42 Å². The highest BCUT2D eigenvalue weighted by Crippen LogP contribution is 2.28. The molecule has 242 valence electrons. The van der Waals surface area contributed by atoms with Crippen molar-refractivity contribution in [2.75, 3.05) is 24.5 Å². The molecule has 8 nitrogen and oxygen atoms in total. The van der Waals surface area contributed by atoms with E-state index in [4.69, 9.17) is 27.9 Å². The molecule has 4 rings (SSSR count). The van der Waals surface area contributed by atoms with Crippen LogP contribution >= 0.6 is 23.2 Å². The van der Waals surface area contributed by atoms with Gasteiger partial charge in [0.25, 0.3) is 10.0 Å². The maximum atomic E-state index is 14.5. The third kappa shape index (κ3) is 9.02. The predicted molar refractivity (Wildman–Crippen MR) is 183 cm³/mol. The van der Waals surface area contributed by atoms with E-state index in [1.807, 2.05) is 44.2 Å². The van der Waals surface area contributed by atoms with Crippen molar-refractivity contribution >= 4 is 50.7 Å². The largest absolute Gasteiger partial charge is 0.497 e. The number of rotatable bonds is 14. The molecule has 0 aliphatic heterocycles. The van der Waals surface area contributed by atoms with Crippen molar-refractivity contribution in [1.29, 1.82) is 0 Å². The number of hydrogen-bond donors (Lipinski definition) is 1. The maximum absolute atomic E-state index is 14.5. The highest BCUT2D eigenvalue weighted by molar-refractivity contribution is 7.92. The van der Waals surface area contributed by atoms with Crippen molar-refractivity contribution in [1.82, 2.24) is 10.2 Å². The van der Waals surface area contributed by atoms with E-state index in [1.54, 1.807) is 60.7 Å². The third-order valence-corrected chi connectivity index (χ3v) is 9.79. The summed E-state index contributed by atoms with van der Waals surface area (Å²) in [5.41, 5.74) is 1.72. The molecular formula is C35H37Cl2N3O5S. The Bertz CT molecular complexity index is 1720. The molecular weight excluding hydrogens is 645 g/mol. The van der Waals surface area contributed by atoms with Crippen LogP contribution in [0.15, 0.2) is 108 Å². The van der Waals surface area contributed by atoms with Crippen LogP contribution in [-0.2, 0) is 32.6 Å². The molecule has 0 spiro atoms. The number of anilines is 1. The van der Waals surface area contributed by atoms with Crippen molar-refractivity contribution in [3.63, 3.8) is 0 Å². The number of ether oxygens (including phenoxy) is 1. The van der Waals surface area contributed by atoms with Crippen LogP contribution in [-0.4, -0.2) is 51.4 Å². The van der Waals surface area contributed by atoms with Crippen molar-refractivity contribution in [3.05, 3.63) is 124 Å². The van der Waals surface area contributed by atoms with Crippen LogP contribution in [0, 0.1) is 5.92 Å². The topological polar surface area (TPSA) is 96.0 Å². The zero-order valence-corrected chi connectivity index (χ0v) is 28.2. The highest BCUT2D eigenvalue weighted by atomic mass is 35.5. The minimum atomic E-state index is -4.21. The zero-order chi connectivity index (χ0) is 33.3. The Labute approximate surface area is 280 Å². The molecule has 0 aliphatic carbocycles. The van der Waals surface area contributed by atoms with Gasteiger partial charge in [-0.2, -0.15) is 0 Å². The number of nitrogens with zero attached hydrogens (tertiary/aromatic N) is 2. The van der Waals surface area contributed by atoms with E-state index in [-0.39, 0.29) is 35.4 Å². The summed E-state index contributed by atoms with van der Waals surface area (Å²) in [5, 5.41) is 3.61. The zero-order valence-electron chi connectivity index (χ0n) is 25.9. The molecule has 0 fully saturated rings. The van der Waals surface area contributed by atoms with Crippen LogP contribution in [0.5, 0.6) is 5.75 Å². The smallest absolute Gasteiger partial charge is 0.264 e. The molecule has 0 saturated heterocycles. The molecule has 1 N–H and O–H groups in total. The van der Waals surface area contributed by atoms with Crippen molar-refractivity contribution < 1.29 is 22.7 Å². The number of nitrogens with one attached hydrogen (secondary N) is 1. The van der Waals surface area contributed by atoms with Gasteiger partial charge in [0.05, 0.1) is 27.7 Å². The van der Waals surface area contributed by atoms with Crippen molar-refractivity contribution in [3.8, 4) is 5.75 Å². The summed E-state index contributed by atoms with van der Waals surface area (Å²) < 4.78 is 34.5. The minimum Gasteiger partial charge on any atom is -0.497 e. The van der Waals surface area contributed by atoms with Gasteiger partial charge in [-0.1, -0.05) is 91.6 Å². The molecule has 0 bridgehead atoms. The van der Waals surface area contributed by atoms with E-state index in [1.165, 1.54) is 24.1 Å². The van der Waals surface area contributed by atoms with Gasteiger partial charge >= 0.3 is 0 Å². The number of sulfonamides is 1. The molecule has 0 heterocycles. The number of hydrogen-bond acceptors (Lipinski definition) is 5. The quantitative estimate of drug-likeness (QED) is 0.162. The normalized spacial score (nSPS) is 12.0. The Kier molecular flexibility index (Phi) is 12.1. The lowest BCUT2D eigenvalue weighted by Crippen LogP contribution is -2.53. The predicted octanol–water partition coefficient (Wildman–Crippen LogP) is 6.61. The monoisotopic (exact) mass is 681 g/mol. The second-order valence-corrected chi connectivity index (χ2v) is 13.8. The van der Waals surface area contributed by atoms with Gasteiger partial charge in [-0.05, 0) is 65.6 Å². The average molecular weight is 683 g/mol. The van der Waals surface area contributed by atoms with E-state index in [0.717, 1.165) is 9.87 Å². The Morgan fingerprint density at radius 1 is 0.826 bits per heavy atom. The summed E-state index contributed by atoms with van der Waals surface area (Å²) >= 11 is 12.5. The number of amides is 2. The number of benzene rings is 4. The second kappa shape index (κ2) is 16.0. The first-order chi connectivity index (χ1) is 22.0. The Morgan fingerprint density at radius 3 is 2.04 bits per heavy atom. The molecule has 4 aromatic rings. The van der Waals surface area contributed by atoms with Gasteiger partial charge in [0.2, 0.25) is 11.8 Å². The van der Waals surface area contributed by atoms with Crippen LogP contribution in [0.4, 0.5) is 5.69 Å². The standard InChI is InChI=1S/C35H37Cl2N3O5S/c1-25(2)22-38-35(42)33(21-26-10-6-4-7-11-26)39(23-27-14-19-31(36)32(37)20-27)34(41)24-40(28-15-17-29(45-3)18-16-28)46(43,44)30-12-8-5-9-13-30/h4-20,25,33H,21-24H2,1-3H3,(H,38,42)/t33-/m0/s1. The second-order valence-electron chi connectivity index (χ2n) is 11.1. The Hall–Kier alpha value is -4.05. The van der Waals surface area contributed by atoms with Gasteiger partial charge in [-0.15, -0.1) is 0 Å². The SMILES string of the molecule is COc1ccc(N(CC(=O)N(Cc2ccc(Cl)c(Cl)c2)[C@@H](Cc2ccccc2)C(=O)NCC(C)C)S(=O)(=O)c2ccccc2)cc1. The lowest BCUT2D eigenvalue weighted by Gasteiger charge is -2.34. The molecule has 11 heteroatoms. The molecule has 0 aliphatic rings. The van der Waals surface area contributed by atoms with Crippen LogP contribution in [0.25, 0.3) is 0 Å². The van der Waals surface area contributed by atoms with E-state index >= 15 is 0 Å². The number of halogens is 2. The highest BCUT2D eigenvalue weighted by Gasteiger charge is 2.34. The van der Waals surface area contributed by atoms with Crippen LogP contribution in [0.1, 0.15) is 25.0 Å². The van der Waals surface area contributed by atoms with Gasteiger partial charge < -0.3 is 15.0 Å². The summed E-state index contributed by atoms with van der Waals surface area (Å²) in [4.78, 5) is 29.8. The first-order valence-electron chi connectivity index (χ1n) is 14.8. The molecule has 0 aromatic heterocycles.